The van der Waals surface area contributed by atoms with Gasteiger partial charge in [-0.05, 0) is 54.9 Å². The van der Waals surface area contributed by atoms with Crippen LogP contribution < -0.4 is 0 Å². The summed E-state index contributed by atoms with van der Waals surface area (Å²) in [5, 5.41) is 0. The molecule has 0 N–H and O–H groups in total. The van der Waals surface area contributed by atoms with Gasteiger partial charge in [-0.1, -0.05) is 31.9 Å². The summed E-state index contributed by atoms with van der Waals surface area (Å²) in [6.45, 7) is 3.48. The van der Waals surface area contributed by atoms with Crippen LogP contribution >= 0.6 is 0 Å². The molecule has 0 amide bonds. The molecule has 0 heterocycles. The van der Waals surface area contributed by atoms with Gasteiger partial charge in [-0.2, -0.15) is 0 Å². The summed E-state index contributed by atoms with van der Waals surface area (Å²) in [5.41, 5.74) is -0.171. The van der Waals surface area contributed by atoms with E-state index < -0.39 is 28.8 Å². The maximum absolute atomic E-state index is 14.5. The third-order valence-corrected chi connectivity index (χ3v) is 5.09. The molecule has 1 aliphatic carbocycles. The smallest absolute Gasteiger partial charge is 0.169 e. The highest BCUT2D eigenvalue weighted by atomic mass is 19.2. The molecule has 4 heteroatoms. The molecular weight excluding hydrogens is 316 g/mol. The highest BCUT2D eigenvalue weighted by Gasteiger charge is 2.24. The van der Waals surface area contributed by atoms with Crippen LogP contribution in [0.5, 0.6) is 0 Å². The number of rotatable bonds is 2. The van der Waals surface area contributed by atoms with Crippen molar-refractivity contribution in [3.63, 3.8) is 0 Å². The third-order valence-electron chi connectivity index (χ3n) is 5.09. The van der Waals surface area contributed by atoms with E-state index in [2.05, 4.69) is 6.92 Å². The van der Waals surface area contributed by atoms with Crippen molar-refractivity contribution in [1.82, 2.24) is 0 Å². The molecule has 2 aromatic carbocycles. The molecular formula is C20H20F4. The van der Waals surface area contributed by atoms with Crippen molar-refractivity contribution in [2.45, 2.75) is 45.4 Å². The minimum atomic E-state index is -1.34. The molecule has 0 saturated heterocycles. The number of halogens is 4. The molecule has 1 fully saturated rings. The minimum absolute atomic E-state index is 0.137. The standard InChI is InChI=1S/C20H20F4/c1-11-3-5-13(6-4-11)14-7-8-15(16(21)10-14)18-17(22)9-12(2)19(23)20(18)24/h7-11,13H,3-6H2,1-2H3. The molecule has 1 saturated carbocycles. The van der Waals surface area contributed by atoms with Gasteiger partial charge in [0.2, 0.25) is 0 Å². The second-order valence-electron chi connectivity index (χ2n) is 6.87. The van der Waals surface area contributed by atoms with Crippen molar-refractivity contribution < 1.29 is 17.6 Å². The zero-order valence-corrected chi connectivity index (χ0v) is 13.8. The van der Waals surface area contributed by atoms with Crippen LogP contribution in [0.15, 0.2) is 24.3 Å². The molecule has 0 aliphatic heterocycles. The van der Waals surface area contributed by atoms with Crippen LogP contribution in [0, 0.1) is 36.1 Å². The molecule has 3 rings (SSSR count). The molecule has 0 nitrogen and oxygen atoms in total. The number of hydrogen-bond acceptors (Lipinski definition) is 0. The number of aryl methyl sites for hydroxylation is 1. The Morgan fingerprint density at radius 2 is 1.50 bits per heavy atom. The Kier molecular flexibility index (Phi) is 4.66. The highest BCUT2D eigenvalue weighted by molar-refractivity contribution is 5.66. The summed E-state index contributed by atoms with van der Waals surface area (Å²) in [5.74, 6) is -3.20. The minimum Gasteiger partial charge on any atom is -0.206 e. The molecule has 1 aliphatic rings. The Hall–Kier alpha value is -1.84. The van der Waals surface area contributed by atoms with Gasteiger partial charge in [-0.3, -0.25) is 0 Å². The van der Waals surface area contributed by atoms with Gasteiger partial charge in [0.1, 0.15) is 11.6 Å². The first-order valence-electron chi connectivity index (χ1n) is 8.32. The summed E-state index contributed by atoms with van der Waals surface area (Å²) in [4.78, 5) is 0. The van der Waals surface area contributed by atoms with Gasteiger partial charge in [-0.15, -0.1) is 0 Å². The number of benzene rings is 2. The molecule has 0 atom stereocenters. The fraction of sp³-hybridized carbons (Fsp3) is 0.400. The van der Waals surface area contributed by atoms with E-state index in [0.29, 0.717) is 5.92 Å². The van der Waals surface area contributed by atoms with Crippen LogP contribution in [0.2, 0.25) is 0 Å². The molecule has 0 bridgehead atoms. The Morgan fingerprint density at radius 3 is 2.12 bits per heavy atom. The van der Waals surface area contributed by atoms with Gasteiger partial charge in [0, 0.05) is 5.56 Å². The van der Waals surface area contributed by atoms with E-state index in [0.717, 1.165) is 37.3 Å². The van der Waals surface area contributed by atoms with Crippen LogP contribution in [-0.4, -0.2) is 0 Å². The first-order chi connectivity index (χ1) is 11.4. The normalized spacial score (nSPS) is 21.1. The van der Waals surface area contributed by atoms with E-state index in [1.54, 1.807) is 6.07 Å². The molecule has 24 heavy (non-hydrogen) atoms. The number of hydrogen-bond donors (Lipinski definition) is 0. The first kappa shape index (κ1) is 17.0. The lowest BCUT2D eigenvalue weighted by Crippen LogP contribution is -2.11. The molecule has 0 aromatic heterocycles. The van der Waals surface area contributed by atoms with Crippen molar-refractivity contribution in [1.29, 1.82) is 0 Å². The van der Waals surface area contributed by atoms with Crippen LogP contribution in [0.4, 0.5) is 17.6 Å². The summed E-state index contributed by atoms with van der Waals surface area (Å²) >= 11 is 0. The van der Waals surface area contributed by atoms with Gasteiger partial charge < -0.3 is 0 Å². The Labute approximate surface area is 139 Å². The lowest BCUT2D eigenvalue weighted by Gasteiger charge is -2.26. The van der Waals surface area contributed by atoms with Crippen molar-refractivity contribution in [2.75, 3.05) is 0 Å². The van der Waals surface area contributed by atoms with E-state index in [9.17, 15) is 17.6 Å². The fourth-order valence-electron chi connectivity index (χ4n) is 3.54. The average Bonchev–Trinajstić information content (AvgIpc) is 2.55. The zero-order chi connectivity index (χ0) is 17.4. The summed E-state index contributed by atoms with van der Waals surface area (Å²) in [7, 11) is 0. The maximum Gasteiger partial charge on any atom is 0.169 e. The van der Waals surface area contributed by atoms with Crippen molar-refractivity contribution >= 4 is 0 Å². The Balaban J connectivity index is 1.98. The average molecular weight is 336 g/mol. The maximum atomic E-state index is 14.5. The largest absolute Gasteiger partial charge is 0.206 e. The summed E-state index contributed by atoms with van der Waals surface area (Å²) in [6, 6.07) is 5.30. The van der Waals surface area contributed by atoms with E-state index in [1.165, 1.54) is 19.1 Å². The van der Waals surface area contributed by atoms with Crippen LogP contribution in [0.25, 0.3) is 11.1 Å². The zero-order valence-electron chi connectivity index (χ0n) is 13.8. The quantitative estimate of drug-likeness (QED) is 0.433. The van der Waals surface area contributed by atoms with Gasteiger partial charge in [0.25, 0.3) is 0 Å². The van der Waals surface area contributed by atoms with E-state index in [4.69, 9.17) is 0 Å². The van der Waals surface area contributed by atoms with Gasteiger partial charge in [0.05, 0.1) is 5.56 Å². The first-order valence-corrected chi connectivity index (χ1v) is 8.32. The predicted octanol–water partition coefficient (Wildman–Crippen LogP) is 6.51. The van der Waals surface area contributed by atoms with Gasteiger partial charge >= 0.3 is 0 Å². The van der Waals surface area contributed by atoms with Crippen molar-refractivity contribution in [3.05, 3.63) is 58.7 Å². The predicted molar refractivity (Wildman–Crippen MR) is 86.8 cm³/mol. The third kappa shape index (κ3) is 3.06. The highest BCUT2D eigenvalue weighted by Crippen LogP contribution is 2.38. The van der Waals surface area contributed by atoms with Gasteiger partial charge in [-0.25, -0.2) is 17.6 Å². The molecule has 0 unspecified atom stereocenters. The molecule has 0 radical (unpaired) electrons. The second kappa shape index (κ2) is 6.58. The Bertz CT molecular complexity index is 759. The van der Waals surface area contributed by atoms with E-state index in [1.807, 2.05) is 0 Å². The van der Waals surface area contributed by atoms with Crippen LogP contribution in [-0.2, 0) is 0 Å². The second-order valence-corrected chi connectivity index (χ2v) is 6.87. The van der Waals surface area contributed by atoms with Crippen LogP contribution in [0.1, 0.15) is 49.7 Å². The monoisotopic (exact) mass is 336 g/mol. The van der Waals surface area contributed by atoms with Crippen molar-refractivity contribution in [2.24, 2.45) is 5.92 Å². The van der Waals surface area contributed by atoms with Gasteiger partial charge in [0.15, 0.2) is 11.6 Å². The molecule has 2 aromatic rings. The van der Waals surface area contributed by atoms with Crippen molar-refractivity contribution in [3.8, 4) is 11.1 Å². The lowest BCUT2D eigenvalue weighted by molar-refractivity contribution is 0.347. The topological polar surface area (TPSA) is 0 Å². The summed E-state index contributed by atoms with van der Waals surface area (Å²) < 4.78 is 56.4. The Morgan fingerprint density at radius 1 is 0.833 bits per heavy atom. The van der Waals surface area contributed by atoms with E-state index in [-0.39, 0.29) is 17.0 Å². The summed E-state index contributed by atoms with van der Waals surface area (Å²) in [6.07, 6.45) is 4.17. The molecule has 0 spiro atoms. The lowest BCUT2D eigenvalue weighted by atomic mass is 9.79. The SMILES string of the molecule is Cc1cc(F)c(-c2ccc(C3CCC(C)CC3)cc2F)c(F)c1F. The van der Waals surface area contributed by atoms with E-state index >= 15 is 0 Å². The molecule has 128 valence electrons. The van der Waals surface area contributed by atoms with Crippen LogP contribution in [0.3, 0.4) is 0 Å². The fourth-order valence-corrected chi connectivity index (χ4v) is 3.54.